The van der Waals surface area contributed by atoms with Crippen LogP contribution in [0.1, 0.15) is 11.1 Å². The third-order valence-corrected chi connectivity index (χ3v) is 7.11. The molecule has 0 amide bonds. The molecule has 6 rings (SSSR count). The fraction of sp³-hybridized carbons (Fsp3) is 0.143. The number of benzene rings is 5. The van der Waals surface area contributed by atoms with E-state index in [0.717, 1.165) is 17.7 Å². The Morgan fingerprint density at radius 1 is 0.882 bits per heavy atom. The first kappa shape index (κ1) is 20.9. The van der Waals surface area contributed by atoms with Crippen LogP contribution in [0.15, 0.2) is 78.9 Å². The summed E-state index contributed by atoms with van der Waals surface area (Å²) < 4.78 is 0. The van der Waals surface area contributed by atoms with Crippen molar-refractivity contribution in [3.8, 4) is 0 Å². The van der Waals surface area contributed by atoms with Gasteiger partial charge in [0.2, 0.25) is 0 Å². The molecule has 1 heterocycles. The highest BCUT2D eigenvalue weighted by Crippen LogP contribution is 2.39. The van der Waals surface area contributed by atoms with Crippen LogP contribution in [-0.2, 0) is 13.1 Å². The first-order valence-electron chi connectivity index (χ1n) is 11.3. The molecule has 5 nitrogen and oxygen atoms in total. The van der Waals surface area contributed by atoms with E-state index in [4.69, 9.17) is 11.6 Å². The Balaban J connectivity index is 1.48. The molecule has 0 radical (unpaired) electrons. The van der Waals surface area contributed by atoms with E-state index < -0.39 is 0 Å². The van der Waals surface area contributed by atoms with E-state index in [0.29, 0.717) is 30.3 Å². The van der Waals surface area contributed by atoms with E-state index in [9.17, 15) is 10.1 Å². The molecule has 0 atom stereocenters. The van der Waals surface area contributed by atoms with Gasteiger partial charge in [0.05, 0.1) is 4.92 Å². The van der Waals surface area contributed by atoms with Crippen molar-refractivity contribution in [2.75, 3.05) is 18.0 Å². The summed E-state index contributed by atoms with van der Waals surface area (Å²) in [4.78, 5) is 13.6. The average Bonchev–Trinajstić information content (AvgIpc) is 3.07. The van der Waals surface area contributed by atoms with Crippen LogP contribution in [0, 0.1) is 10.1 Å². The predicted octanol–water partition coefficient (Wildman–Crippen LogP) is 6.82. The average molecular weight is 468 g/mol. The molecule has 0 unspecified atom stereocenters. The van der Waals surface area contributed by atoms with Crippen molar-refractivity contribution in [2.24, 2.45) is 0 Å². The van der Waals surface area contributed by atoms with Gasteiger partial charge >= 0.3 is 0 Å². The molecule has 1 aliphatic heterocycles. The summed E-state index contributed by atoms with van der Waals surface area (Å²) in [5.41, 5.74) is 2.61. The van der Waals surface area contributed by atoms with Gasteiger partial charge in [-0.05, 0) is 50.0 Å². The van der Waals surface area contributed by atoms with Crippen LogP contribution in [0.2, 0.25) is 5.02 Å². The smallest absolute Gasteiger partial charge is 0.292 e. The fourth-order valence-electron chi connectivity index (χ4n) is 5.15. The van der Waals surface area contributed by atoms with E-state index in [1.54, 1.807) is 6.07 Å². The zero-order chi connectivity index (χ0) is 23.2. The molecule has 34 heavy (non-hydrogen) atoms. The number of hydrogen-bond donors (Lipinski definition) is 1. The van der Waals surface area contributed by atoms with E-state index in [1.807, 2.05) is 0 Å². The maximum atomic E-state index is 11.8. The first-order valence-corrected chi connectivity index (χ1v) is 11.7. The third-order valence-electron chi connectivity index (χ3n) is 6.76. The Hall–Kier alpha value is -3.67. The second kappa shape index (κ2) is 8.28. The molecule has 0 saturated heterocycles. The Labute approximate surface area is 201 Å². The van der Waals surface area contributed by atoms with Crippen LogP contribution < -0.4 is 10.2 Å². The van der Waals surface area contributed by atoms with Gasteiger partial charge in [0.25, 0.3) is 5.69 Å². The van der Waals surface area contributed by atoms with Gasteiger partial charge in [0.15, 0.2) is 0 Å². The van der Waals surface area contributed by atoms with E-state index in [1.165, 1.54) is 38.4 Å². The highest BCUT2D eigenvalue weighted by Gasteiger charge is 2.27. The van der Waals surface area contributed by atoms with Crippen molar-refractivity contribution in [1.29, 1.82) is 0 Å². The van der Waals surface area contributed by atoms with Crippen molar-refractivity contribution >= 4 is 55.3 Å². The van der Waals surface area contributed by atoms with E-state index in [-0.39, 0.29) is 10.6 Å². The van der Waals surface area contributed by atoms with Crippen LogP contribution in [0.3, 0.4) is 0 Å². The summed E-state index contributed by atoms with van der Waals surface area (Å²) >= 11 is 6.46. The monoisotopic (exact) mass is 467 g/mol. The van der Waals surface area contributed by atoms with Crippen molar-refractivity contribution in [3.63, 3.8) is 0 Å². The summed E-state index contributed by atoms with van der Waals surface area (Å²) in [6.07, 6.45) is 0. The number of hydrogen-bond acceptors (Lipinski definition) is 4. The Morgan fingerprint density at radius 3 is 2.44 bits per heavy atom. The second-order valence-electron chi connectivity index (χ2n) is 8.75. The predicted molar refractivity (Wildman–Crippen MR) is 140 cm³/mol. The van der Waals surface area contributed by atoms with Crippen LogP contribution >= 0.6 is 11.6 Å². The Bertz CT molecular complexity index is 1600. The molecule has 0 fully saturated rings. The number of fused-ring (bicyclic) bond motifs is 6. The molecule has 0 bridgehead atoms. The standard InChI is InChI=1S/C28H22ClN3O2/c29-26-11-12-27(32(33)34)28-25(26)16-30-13-14-31(28)17-18-5-6-20-8-9-22-21-4-2-1-3-19(21)7-10-23(22)24(20)15-18/h1-12,15,30H,13-14,16-17H2. The summed E-state index contributed by atoms with van der Waals surface area (Å²) in [7, 11) is 0. The Kier molecular flexibility index (Phi) is 5.09. The highest BCUT2D eigenvalue weighted by atomic mass is 35.5. The van der Waals surface area contributed by atoms with Crippen molar-refractivity contribution < 1.29 is 4.92 Å². The first-order chi connectivity index (χ1) is 16.6. The van der Waals surface area contributed by atoms with Crippen LogP contribution in [-0.4, -0.2) is 18.0 Å². The van der Waals surface area contributed by atoms with Gasteiger partial charge in [0, 0.05) is 42.8 Å². The number of anilines is 1. The largest absolute Gasteiger partial charge is 0.360 e. The molecule has 168 valence electrons. The number of nitro benzene ring substituents is 1. The van der Waals surface area contributed by atoms with Crippen LogP contribution in [0.25, 0.3) is 32.3 Å². The maximum Gasteiger partial charge on any atom is 0.292 e. The lowest BCUT2D eigenvalue weighted by atomic mass is 9.96. The normalized spacial score (nSPS) is 13.9. The molecule has 0 aliphatic carbocycles. The van der Waals surface area contributed by atoms with Gasteiger partial charge in [-0.1, -0.05) is 72.3 Å². The summed E-state index contributed by atoms with van der Waals surface area (Å²) in [6, 6.07) is 26.8. The number of rotatable bonds is 3. The van der Waals surface area contributed by atoms with Crippen molar-refractivity contribution in [2.45, 2.75) is 13.1 Å². The lowest BCUT2D eigenvalue weighted by molar-refractivity contribution is -0.384. The highest BCUT2D eigenvalue weighted by molar-refractivity contribution is 6.32. The molecule has 5 aromatic carbocycles. The number of halogens is 1. The van der Waals surface area contributed by atoms with E-state index in [2.05, 4.69) is 76.9 Å². The molecule has 0 spiro atoms. The van der Waals surface area contributed by atoms with Gasteiger partial charge in [-0.3, -0.25) is 10.1 Å². The quantitative estimate of drug-likeness (QED) is 0.180. The second-order valence-corrected chi connectivity index (χ2v) is 9.16. The number of nitrogens with one attached hydrogen (secondary N) is 1. The number of nitrogens with zero attached hydrogens (tertiary/aromatic N) is 2. The molecule has 0 aromatic heterocycles. The van der Waals surface area contributed by atoms with Crippen LogP contribution in [0.5, 0.6) is 0 Å². The zero-order valence-corrected chi connectivity index (χ0v) is 19.2. The minimum atomic E-state index is -0.313. The van der Waals surface area contributed by atoms with Gasteiger partial charge in [-0.25, -0.2) is 0 Å². The Morgan fingerprint density at radius 2 is 1.62 bits per heavy atom. The molecular formula is C28H22ClN3O2. The van der Waals surface area contributed by atoms with Gasteiger partial charge in [-0.15, -0.1) is 0 Å². The molecular weight excluding hydrogens is 446 g/mol. The molecule has 0 saturated carbocycles. The molecule has 5 aromatic rings. The van der Waals surface area contributed by atoms with Crippen LogP contribution in [0.4, 0.5) is 11.4 Å². The minimum Gasteiger partial charge on any atom is -0.360 e. The maximum absolute atomic E-state index is 11.8. The lowest BCUT2D eigenvalue weighted by Crippen LogP contribution is -2.28. The minimum absolute atomic E-state index is 0.0980. The molecule has 1 N–H and O–H groups in total. The van der Waals surface area contributed by atoms with Gasteiger partial charge in [-0.2, -0.15) is 0 Å². The number of nitro groups is 1. The molecule has 1 aliphatic rings. The lowest BCUT2D eigenvalue weighted by Gasteiger charge is -2.25. The van der Waals surface area contributed by atoms with E-state index >= 15 is 0 Å². The third kappa shape index (κ3) is 3.45. The molecule has 6 heteroatoms. The fourth-order valence-corrected chi connectivity index (χ4v) is 5.37. The summed E-state index contributed by atoms with van der Waals surface area (Å²) in [5, 5.41) is 23.0. The van der Waals surface area contributed by atoms with Crippen molar-refractivity contribution in [1.82, 2.24) is 5.32 Å². The zero-order valence-electron chi connectivity index (χ0n) is 18.4. The SMILES string of the molecule is O=[N+]([O-])c1ccc(Cl)c2c1N(Cc1ccc3ccc4c5ccccc5ccc4c3c1)CCNC2. The van der Waals surface area contributed by atoms with Gasteiger partial charge < -0.3 is 10.2 Å². The van der Waals surface area contributed by atoms with Gasteiger partial charge in [0.1, 0.15) is 5.69 Å². The summed E-state index contributed by atoms with van der Waals surface area (Å²) in [5.74, 6) is 0. The van der Waals surface area contributed by atoms with Crippen molar-refractivity contribution in [3.05, 3.63) is 105 Å². The summed E-state index contributed by atoms with van der Waals surface area (Å²) in [6.45, 7) is 2.47. The topological polar surface area (TPSA) is 58.4 Å².